The van der Waals surface area contributed by atoms with Gasteiger partial charge in [0.2, 0.25) is 0 Å². The molecule has 0 saturated carbocycles. The van der Waals surface area contributed by atoms with Crippen LogP contribution in [0.15, 0.2) is 30.3 Å². The summed E-state index contributed by atoms with van der Waals surface area (Å²) in [4.78, 5) is 22.4. The van der Waals surface area contributed by atoms with Gasteiger partial charge in [-0.05, 0) is 12.0 Å². The first-order valence-electron chi connectivity index (χ1n) is 5.67. The molecule has 0 amide bonds. The van der Waals surface area contributed by atoms with Crippen LogP contribution in [0.2, 0.25) is 0 Å². The lowest BCUT2D eigenvalue weighted by Crippen LogP contribution is -2.53. The lowest BCUT2D eigenvalue weighted by molar-refractivity contribution is -0.218. The third-order valence-corrected chi connectivity index (χ3v) is 3.37. The standard InChI is InChI=1S/C13H12O4/c14-11-7-6-10(16-11)13(8-12(15)17-13)9-4-2-1-3-5-9/h1-5,10H,6-8H2. The maximum atomic E-state index is 11.2. The Hall–Kier alpha value is -1.84. The molecule has 0 bridgehead atoms. The Balaban J connectivity index is 1.94. The first kappa shape index (κ1) is 10.3. The molecule has 1 aromatic rings. The van der Waals surface area contributed by atoms with Gasteiger partial charge in [-0.1, -0.05) is 30.3 Å². The molecule has 2 saturated heterocycles. The summed E-state index contributed by atoms with van der Waals surface area (Å²) in [5.74, 6) is -0.454. The first-order chi connectivity index (χ1) is 8.21. The molecule has 17 heavy (non-hydrogen) atoms. The van der Waals surface area contributed by atoms with Crippen LogP contribution >= 0.6 is 0 Å². The van der Waals surface area contributed by atoms with E-state index < -0.39 is 5.60 Å². The molecule has 3 rings (SSSR count). The zero-order valence-corrected chi connectivity index (χ0v) is 9.22. The first-order valence-corrected chi connectivity index (χ1v) is 5.67. The SMILES string of the molecule is O=C1CCC(C2(c3ccccc3)CC(=O)O2)O1. The smallest absolute Gasteiger partial charge is 0.311 e. The topological polar surface area (TPSA) is 52.6 Å². The summed E-state index contributed by atoms with van der Waals surface area (Å²) < 4.78 is 10.6. The minimum absolute atomic E-state index is 0.215. The van der Waals surface area contributed by atoms with Gasteiger partial charge in [0.25, 0.3) is 0 Å². The maximum Gasteiger partial charge on any atom is 0.311 e. The van der Waals surface area contributed by atoms with Gasteiger partial charge in [-0.15, -0.1) is 0 Å². The molecule has 88 valence electrons. The Kier molecular flexibility index (Phi) is 2.18. The highest BCUT2D eigenvalue weighted by molar-refractivity contribution is 5.79. The van der Waals surface area contributed by atoms with Crippen LogP contribution < -0.4 is 0 Å². The number of rotatable bonds is 2. The number of ether oxygens (including phenoxy) is 2. The average molecular weight is 232 g/mol. The van der Waals surface area contributed by atoms with Gasteiger partial charge in [0.15, 0.2) is 5.60 Å². The summed E-state index contributed by atoms with van der Waals surface area (Å²) >= 11 is 0. The molecular weight excluding hydrogens is 220 g/mol. The molecule has 1 aromatic carbocycles. The minimum atomic E-state index is -0.746. The number of hydrogen-bond donors (Lipinski definition) is 0. The van der Waals surface area contributed by atoms with Crippen LogP contribution in [0.1, 0.15) is 24.8 Å². The molecule has 2 aliphatic heterocycles. The fourth-order valence-corrected chi connectivity index (χ4v) is 2.51. The number of cyclic esters (lactones) is 2. The second kappa shape index (κ2) is 3.58. The lowest BCUT2D eigenvalue weighted by Gasteiger charge is -2.43. The predicted octanol–water partition coefficient (Wildman–Crippen LogP) is 1.53. The Morgan fingerprint density at radius 2 is 1.82 bits per heavy atom. The van der Waals surface area contributed by atoms with E-state index in [9.17, 15) is 9.59 Å². The number of esters is 2. The van der Waals surface area contributed by atoms with Gasteiger partial charge in [-0.3, -0.25) is 9.59 Å². The number of benzene rings is 1. The summed E-state index contributed by atoms with van der Waals surface area (Å²) in [5, 5.41) is 0. The van der Waals surface area contributed by atoms with Crippen molar-refractivity contribution < 1.29 is 19.1 Å². The molecule has 2 aliphatic rings. The van der Waals surface area contributed by atoms with Crippen molar-refractivity contribution in [3.05, 3.63) is 35.9 Å². The average Bonchev–Trinajstić information content (AvgIpc) is 2.73. The minimum Gasteiger partial charge on any atom is -0.458 e. The second-order valence-corrected chi connectivity index (χ2v) is 4.42. The molecule has 4 heteroatoms. The third kappa shape index (κ3) is 1.52. The van der Waals surface area contributed by atoms with Crippen LogP contribution in [0.3, 0.4) is 0 Å². The number of hydrogen-bond acceptors (Lipinski definition) is 4. The molecule has 2 unspecified atom stereocenters. The Bertz CT molecular complexity index is 458. The van der Waals surface area contributed by atoms with E-state index in [4.69, 9.17) is 9.47 Å². The molecule has 0 aliphatic carbocycles. The van der Waals surface area contributed by atoms with Gasteiger partial charge < -0.3 is 9.47 Å². The van der Waals surface area contributed by atoms with E-state index >= 15 is 0 Å². The van der Waals surface area contributed by atoms with E-state index in [1.54, 1.807) is 0 Å². The van der Waals surface area contributed by atoms with Crippen LogP contribution in [0.5, 0.6) is 0 Å². The van der Waals surface area contributed by atoms with Crippen molar-refractivity contribution >= 4 is 11.9 Å². The van der Waals surface area contributed by atoms with Crippen molar-refractivity contribution in [2.45, 2.75) is 31.0 Å². The van der Waals surface area contributed by atoms with Crippen molar-refractivity contribution in [3.8, 4) is 0 Å². The van der Waals surface area contributed by atoms with Gasteiger partial charge in [0.05, 0.1) is 6.42 Å². The van der Waals surface area contributed by atoms with Gasteiger partial charge in [-0.2, -0.15) is 0 Å². The van der Waals surface area contributed by atoms with Crippen molar-refractivity contribution in [2.24, 2.45) is 0 Å². The van der Waals surface area contributed by atoms with E-state index in [2.05, 4.69) is 0 Å². The highest BCUT2D eigenvalue weighted by atomic mass is 16.6. The van der Waals surface area contributed by atoms with E-state index in [-0.39, 0.29) is 24.5 Å². The van der Waals surface area contributed by atoms with E-state index in [1.807, 2.05) is 30.3 Å². The third-order valence-electron chi connectivity index (χ3n) is 3.37. The van der Waals surface area contributed by atoms with Gasteiger partial charge in [0.1, 0.15) is 6.10 Å². The van der Waals surface area contributed by atoms with Crippen molar-refractivity contribution in [3.63, 3.8) is 0 Å². The number of carbonyl (C=O) groups excluding carboxylic acids is 2. The van der Waals surface area contributed by atoms with Crippen LogP contribution in [0.4, 0.5) is 0 Å². The van der Waals surface area contributed by atoms with Crippen molar-refractivity contribution in [2.75, 3.05) is 0 Å². The zero-order chi connectivity index (χ0) is 11.9. The van der Waals surface area contributed by atoms with E-state index in [1.165, 1.54) is 0 Å². The van der Waals surface area contributed by atoms with E-state index in [0.717, 1.165) is 5.56 Å². The van der Waals surface area contributed by atoms with Crippen LogP contribution in [0, 0.1) is 0 Å². The normalized spacial score (nSPS) is 31.6. The summed E-state index contributed by atoms with van der Waals surface area (Å²) in [5.41, 5.74) is 0.157. The second-order valence-electron chi connectivity index (χ2n) is 4.42. The molecule has 0 N–H and O–H groups in total. The maximum absolute atomic E-state index is 11.2. The van der Waals surface area contributed by atoms with Crippen LogP contribution in [0.25, 0.3) is 0 Å². The summed E-state index contributed by atoms with van der Waals surface area (Å²) in [6.07, 6.45) is 0.961. The molecule has 2 atom stereocenters. The molecule has 2 fully saturated rings. The van der Waals surface area contributed by atoms with E-state index in [0.29, 0.717) is 12.8 Å². The largest absolute Gasteiger partial charge is 0.458 e. The van der Waals surface area contributed by atoms with Gasteiger partial charge in [0, 0.05) is 6.42 Å². The predicted molar refractivity (Wildman–Crippen MR) is 57.9 cm³/mol. The number of carbonyl (C=O) groups is 2. The molecule has 2 heterocycles. The molecule has 0 aromatic heterocycles. The highest BCUT2D eigenvalue weighted by Gasteiger charge is 2.56. The monoisotopic (exact) mass is 232 g/mol. The van der Waals surface area contributed by atoms with Crippen molar-refractivity contribution in [1.82, 2.24) is 0 Å². The Morgan fingerprint density at radius 1 is 1.12 bits per heavy atom. The lowest BCUT2D eigenvalue weighted by atomic mass is 9.80. The Morgan fingerprint density at radius 3 is 2.35 bits per heavy atom. The summed E-state index contributed by atoms with van der Waals surface area (Å²) in [7, 11) is 0. The summed E-state index contributed by atoms with van der Waals surface area (Å²) in [6.45, 7) is 0. The van der Waals surface area contributed by atoms with Crippen LogP contribution in [-0.2, 0) is 24.7 Å². The Labute approximate surface area is 98.5 Å². The highest BCUT2D eigenvalue weighted by Crippen LogP contribution is 2.45. The quantitative estimate of drug-likeness (QED) is 0.726. The van der Waals surface area contributed by atoms with Crippen LogP contribution in [-0.4, -0.2) is 18.0 Å². The molecular formula is C13H12O4. The van der Waals surface area contributed by atoms with Crippen molar-refractivity contribution in [1.29, 1.82) is 0 Å². The summed E-state index contributed by atoms with van der Waals surface area (Å²) in [6, 6.07) is 9.48. The zero-order valence-electron chi connectivity index (χ0n) is 9.22. The van der Waals surface area contributed by atoms with Gasteiger partial charge in [-0.25, -0.2) is 0 Å². The fraction of sp³-hybridized carbons (Fsp3) is 0.385. The molecule has 0 spiro atoms. The molecule has 4 nitrogen and oxygen atoms in total. The fourth-order valence-electron chi connectivity index (χ4n) is 2.51. The molecule has 0 radical (unpaired) electrons. The van der Waals surface area contributed by atoms with Gasteiger partial charge >= 0.3 is 11.9 Å².